The second kappa shape index (κ2) is 7.91. The molecule has 134 valence electrons. The third-order valence-corrected chi connectivity index (χ3v) is 6.32. The quantitative estimate of drug-likeness (QED) is 0.809. The third kappa shape index (κ3) is 3.64. The van der Waals surface area contributed by atoms with Gasteiger partial charge in [-0.1, -0.05) is 12.8 Å². The molecule has 1 aliphatic heterocycles. The maximum absolute atomic E-state index is 12.6. The van der Waals surface area contributed by atoms with Crippen LogP contribution < -0.4 is 11.1 Å². The Morgan fingerprint density at radius 3 is 2.83 bits per heavy atom. The molecule has 2 fully saturated rings. The van der Waals surface area contributed by atoms with E-state index in [-0.39, 0.29) is 17.5 Å². The molecular formula is C17H28N4O2S. The van der Waals surface area contributed by atoms with Gasteiger partial charge in [-0.25, -0.2) is 4.98 Å². The summed E-state index contributed by atoms with van der Waals surface area (Å²) in [4.78, 5) is 19.6. The van der Waals surface area contributed by atoms with Crippen LogP contribution >= 0.6 is 11.3 Å². The van der Waals surface area contributed by atoms with E-state index in [9.17, 15) is 4.79 Å². The zero-order valence-corrected chi connectivity index (χ0v) is 15.2. The zero-order valence-electron chi connectivity index (χ0n) is 14.4. The standard InChI is InChI=1S/C17H28N4O2S/c1-13(19-16(22)14-12-24-15(20-14)4-7-18)17(5-2-3-6-17)21-8-10-23-11-9-21/h12-13H,2-11,18H2,1H3,(H,19,22). The summed E-state index contributed by atoms with van der Waals surface area (Å²) in [7, 11) is 0. The molecule has 1 aromatic heterocycles. The summed E-state index contributed by atoms with van der Waals surface area (Å²) in [6.45, 7) is 6.19. The molecule has 1 aliphatic carbocycles. The fourth-order valence-electron chi connectivity index (χ4n) is 4.08. The van der Waals surface area contributed by atoms with Crippen molar-refractivity contribution in [2.24, 2.45) is 5.73 Å². The molecule has 6 nitrogen and oxygen atoms in total. The van der Waals surface area contributed by atoms with E-state index >= 15 is 0 Å². The van der Waals surface area contributed by atoms with Crippen molar-refractivity contribution in [2.45, 2.75) is 50.6 Å². The number of nitrogens with two attached hydrogens (primary N) is 1. The number of thiazole rings is 1. The number of nitrogens with one attached hydrogen (secondary N) is 1. The van der Waals surface area contributed by atoms with Crippen LogP contribution in [-0.4, -0.2) is 60.2 Å². The van der Waals surface area contributed by atoms with E-state index in [0.717, 1.165) is 50.6 Å². The van der Waals surface area contributed by atoms with Gasteiger partial charge in [-0.3, -0.25) is 9.69 Å². The second-order valence-corrected chi connectivity index (χ2v) is 7.71. The summed E-state index contributed by atoms with van der Waals surface area (Å²) in [5.74, 6) is -0.0680. The molecule has 1 aromatic rings. The van der Waals surface area contributed by atoms with Crippen LogP contribution in [0.4, 0.5) is 0 Å². The third-order valence-electron chi connectivity index (χ3n) is 5.41. The molecular weight excluding hydrogens is 324 g/mol. The molecule has 24 heavy (non-hydrogen) atoms. The average molecular weight is 353 g/mol. The van der Waals surface area contributed by atoms with Gasteiger partial charge in [0, 0.05) is 36.5 Å². The van der Waals surface area contributed by atoms with Crippen molar-refractivity contribution in [2.75, 3.05) is 32.8 Å². The second-order valence-electron chi connectivity index (χ2n) is 6.77. The molecule has 2 heterocycles. The van der Waals surface area contributed by atoms with Gasteiger partial charge in [0.1, 0.15) is 5.69 Å². The topological polar surface area (TPSA) is 80.5 Å². The lowest BCUT2D eigenvalue weighted by molar-refractivity contribution is -0.0323. The Morgan fingerprint density at radius 2 is 2.17 bits per heavy atom. The molecule has 0 aromatic carbocycles. The summed E-state index contributed by atoms with van der Waals surface area (Å²) < 4.78 is 5.51. The molecule has 0 radical (unpaired) electrons. The van der Waals surface area contributed by atoms with Crippen LogP contribution in [-0.2, 0) is 11.2 Å². The molecule has 1 saturated carbocycles. The van der Waals surface area contributed by atoms with E-state index in [2.05, 4.69) is 22.1 Å². The average Bonchev–Trinajstić information content (AvgIpc) is 3.26. The molecule has 0 spiro atoms. The first-order valence-electron chi connectivity index (χ1n) is 8.94. The molecule has 1 unspecified atom stereocenters. The van der Waals surface area contributed by atoms with Crippen LogP contribution in [0.2, 0.25) is 0 Å². The molecule has 1 saturated heterocycles. The van der Waals surface area contributed by atoms with E-state index in [4.69, 9.17) is 10.5 Å². The maximum atomic E-state index is 12.6. The summed E-state index contributed by atoms with van der Waals surface area (Å²) >= 11 is 1.51. The molecule has 3 N–H and O–H groups in total. The van der Waals surface area contributed by atoms with Crippen LogP contribution in [0.15, 0.2) is 5.38 Å². The van der Waals surface area contributed by atoms with Gasteiger partial charge in [0.15, 0.2) is 0 Å². The van der Waals surface area contributed by atoms with Crippen LogP contribution in [0.5, 0.6) is 0 Å². The lowest BCUT2D eigenvalue weighted by Gasteiger charge is -2.47. The number of hydrogen-bond acceptors (Lipinski definition) is 6. The summed E-state index contributed by atoms with van der Waals surface area (Å²) in [6.07, 6.45) is 5.48. The fourth-order valence-corrected chi connectivity index (χ4v) is 4.87. The Labute approximate surface area is 147 Å². The number of morpholine rings is 1. The van der Waals surface area contributed by atoms with E-state index in [1.54, 1.807) is 0 Å². The lowest BCUT2D eigenvalue weighted by atomic mass is 9.86. The number of carbonyl (C=O) groups excluding carboxylic acids is 1. The Bertz CT molecular complexity index is 551. The minimum atomic E-state index is -0.0680. The number of ether oxygens (including phenoxy) is 1. The fraction of sp³-hybridized carbons (Fsp3) is 0.765. The molecule has 1 atom stereocenters. The van der Waals surface area contributed by atoms with Gasteiger partial charge in [-0.15, -0.1) is 11.3 Å². The van der Waals surface area contributed by atoms with Crippen LogP contribution in [0.25, 0.3) is 0 Å². The summed E-state index contributed by atoms with van der Waals surface area (Å²) in [5.41, 5.74) is 6.14. The van der Waals surface area contributed by atoms with Crippen molar-refractivity contribution in [3.05, 3.63) is 16.1 Å². The molecule has 7 heteroatoms. The predicted molar refractivity (Wildman–Crippen MR) is 95.4 cm³/mol. The molecule has 3 rings (SSSR count). The first-order valence-corrected chi connectivity index (χ1v) is 9.82. The van der Waals surface area contributed by atoms with Crippen molar-refractivity contribution in [3.63, 3.8) is 0 Å². The van der Waals surface area contributed by atoms with Gasteiger partial charge in [0.2, 0.25) is 0 Å². The van der Waals surface area contributed by atoms with Crippen LogP contribution in [0.1, 0.15) is 48.1 Å². The van der Waals surface area contributed by atoms with Crippen molar-refractivity contribution < 1.29 is 9.53 Å². The Balaban J connectivity index is 1.68. The van der Waals surface area contributed by atoms with E-state index < -0.39 is 0 Å². The largest absolute Gasteiger partial charge is 0.379 e. The minimum absolute atomic E-state index is 0.0650. The van der Waals surface area contributed by atoms with Gasteiger partial charge < -0.3 is 15.8 Å². The predicted octanol–water partition coefficient (Wildman–Crippen LogP) is 1.41. The highest BCUT2D eigenvalue weighted by Crippen LogP contribution is 2.38. The lowest BCUT2D eigenvalue weighted by Crippen LogP contribution is -2.62. The Kier molecular flexibility index (Phi) is 5.86. The van der Waals surface area contributed by atoms with E-state index in [1.807, 2.05) is 5.38 Å². The number of hydrogen-bond donors (Lipinski definition) is 2. The summed E-state index contributed by atoms with van der Waals surface area (Å²) in [6, 6.07) is 0.102. The van der Waals surface area contributed by atoms with Crippen LogP contribution in [0.3, 0.4) is 0 Å². The number of aromatic nitrogens is 1. The van der Waals surface area contributed by atoms with E-state index in [1.165, 1.54) is 24.2 Å². The first-order chi connectivity index (χ1) is 11.7. The van der Waals surface area contributed by atoms with Gasteiger partial charge in [0.25, 0.3) is 5.91 Å². The Morgan fingerprint density at radius 1 is 1.46 bits per heavy atom. The SMILES string of the molecule is CC(NC(=O)c1csc(CCN)n1)C1(N2CCOCC2)CCCC1. The van der Waals surface area contributed by atoms with Gasteiger partial charge in [-0.2, -0.15) is 0 Å². The molecule has 2 aliphatic rings. The summed E-state index contributed by atoms with van der Waals surface area (Å²) in [5, 5.41) is 5.99. The minimum Gasteiger partial charge on any atom is -0.379 e. The van der Waals surface area contributed by atoms with Gasteiger partial charge >= 0.3 is 0 Å². The number of rotatable bonds is 6. The van der Waals surface area contributed by atoms with Gasteiger partial charge in [0.05, 0.1) is 18.2 Å². The molecule has 0 bridgehead atoms. The normalized spacial score (nSPS) is 22.4. The Hall–Kier alpha value is -1.02. The van der Waals surface area contributed by atoms with Crippen molar-refractivity contribution in [1.29, 1.82) is 0 Å². The highest BCUT2D eigenvalue weighted by Gasteiger charge is 2.45. The van der Waals surface area contributed by atoms with Crippen molar-refractivity contribution in [1.82, 2.24) is 15.2 Å². The highest BCUT2D eigenvalue weighted by molar-refractivity contribution is 7.09. The first kappa shape index (κ1) is 17.8. The number of nitrogens with zero attached hydrogens (tertiary/aromatic N) is 2. The smallest absolute Gasteiger partial charge is 0.271 e. The molecule has 1 amide bonds. The van der Waals surface area contributed by atoms with Crippen LogP contribution in [0, 0.1) is 0 Å². The number of carbonyl (C=O) groups is 1. The highest BCUT2D eigenvalue weighted by atomic mass is 32.1. The monoisotopic (exact) mass is 352 g/mol. The maximum Gasteiger partial charge on any atom is 0.271 e. The van der Waals surface area contributed by atoms with Gasteiger partial charge in [-0.05, 0) is 26.3 Å². The van der Waals surface area contributed by atoms with Crippen molar-refractivity contribution in [3.8, 4) is 0 Å². The van der Waals surface area contributed by atoms with Crippen molar-refractivity contribution >= 4 is 17.2 Å². The number of amides is 1. The van der Waals surface area contributed by atoms with E-state index in [0.29, 0.717) is 12.2 Å². The zero-order chi connectivity index (χ0) is 17.0.